The Morgan fingerprint density at radius 3 is 2.40 bits per heavy atom. The lowest BCUT2D eigenvalue weighted by Gasteiger charge is -2.19. The summed E-state index contributed by atoms with van der Waals surface area (Å²) in [7, 11) is -3.40. The van der Waals surface area contributed by atoms with Gasteiger partial charge in [0.2, 0.25) is 10.0 Å². The van der Waals surface area contributed by atoms with Crippen LogP contribution in [0.4, 0.5) is 5.69 Å². The minimum atomic E-state index is -3.40. The van der Waals surface area contributed by atoms with Gasteiger partial charge in [0.25, 0.3) is 5.91 Å². The smallest absolute Gasteiger partial charge is 0.252 e. The lowest BCUT2D eigenvalue weighted by atomic mass is 9.99. The molecule has 5 nitrogen and oxygen atoms in total. The molecule has 0 bridgehead atoms. The normalized spacial score (nSPS) is 12.5. The highest BCUT2D eigenvalue weighted by Crippen LogP contribution is 2.22. The fourth-order valence-corrected chi connectivity index (χ4v) is 3.39. The van der Waals surface area contributed by atoms with Crippen molar-refractivity contribution in [3.05, 3.63) is 64.2 Å². The molecular formula is C19H24N2O3S. The Morgan fingerprint density at radius 1 is 1.08 bits per heavy atom. The summed E-state index contributed by atoms with van der Waals surface area (Å²) in [4.78, 5) is 12.7. The summed E-state index contributed by atoms with van der Waals surface area (Å²) in [6, 6.07) is 11.0. The lowest BCUT2D eigenvalue weighted by Crippen LogP contribution is -2.28. The molecule has 1 amide bonds. The van der Waals surface area contributed by atoms with Gasteiger partial charge >= 0.3 is 0 Å². The SMILES string of the molecule is Cc1ccc(C)c(C(C)NC(=O)c2cccc(NS(C)(=O)=O)c2C)c1. The number of aryl methyl sites for hydroxylation is 2. The van der Waals surface area contributed by atoms with E-state index in [1.807, 2.05) is 32.9 Å². The van der Waals surface area contributed by atoms with Gasteiger partial charge in [0.15, 0.2) is 0 Å². The van der Waals surface area contributed by atoms with Gasteiger partial charge in [0.1, 0.15) is 0 Å². The molecule has 1 atom stereocenters. The van der Waals surface area contributed by atoms with E-state index in [0.29, 0.717) is 16.8 Å². The van der Waals surface area contributed by atoms with Crippen LogP contribution in [0.2, 0.25) is 0 Å². The largest absolute Gasteiger partial charge is 0.345 e. The molecule has 25 heavy (non-hydrogen) atoms. The maximum absolute atomic E-state index is 12.7. The average Bonchev–Trinajstić information content (AvgIpc) is 2.50. The Hall–Kier alpha value is -2.34. The first-order chi connectivity index (χ1) is 11.6. The minimum Gasteiger partial charge on any atom is -0.345 e. The molecule has 0 aliphatic carbocycles. The standard InChI is InChI=1S/C19H24N2O3S/c1-12-9-10-13(2)17(11-12)15(4)20-19(22)16-7-6-8-18(14(16)3)21-25(5,23)24/h6-11,15,21H,1-5H3,(H,20,22). The Balaban J connectivity index is 2.26. The topological polar surface area (TPSA) is 75.3 Å². The number of amides is 1. The van der Waals surface area contributed by atoms with Crippen LogP contribution in [0.25, 0.3) is 0 Å². The first kappa shape index (κ1) is 19.0. The van der Waals surface area contributed by atoms with E-state index >= 15 is 0 Å². The first-order valence-corrected chi connectivity index (χ1v) is 9.93. The maximum Gasteiger partial charge on any atom is 0.252 e. The number of sulfonamides is 1. The van der Waals surface area contributed by atoms with E-state index in [2.05, 4.69) is 16.1 Å². The summed E-state index contributed by atoms with van der Waals surface area (Å²) < 4.78 is 25.3. The third kappa shape index (κ3) is 4.82. The zero-order chi connectivity index (χ0) is 18.8. The molecule has 0 aliphatic rings. The summed E-state index contributed by atoms with van der Waals surface area (Å²) in [6.45, 7) is 7.69. The van der Waals surface area contributed by atoms with E-state index in [4.69, 9.17) is 0 Å². The Kier molecular flexibility index (Phi) is 5.52. The van der Waals surface area contributed by atoms with E-state index in [0.717, 1.165) is 22.9 Å². The van der Waals surface area contributed by atoms with Gasteiger partial charge in [0.05, 0.1) is 18.0 Å². The van der Waals surface area contributed by atoms with Crippen LogP contribution >= 0.6 is 0 Å². The number of anilines is 1. The molecule has 0 heterocycles. The highest BCUT2D eigenvalue weighted by atomic mass is 32.2. The van der Waals surface area contributed by atoms with Gasteiger partial charge in [0, 0.05) is 5.56 Å². The summed E-state index contributed by atoms with van der Waals surface area (Å²) in [6.07, 6.45) is 1.09. The molecule has 0 fully saturated rings. The number of benzene rings is 2. The van der Waals surface area contributed by atoms with Gasteiger partial charge in [-0.25, -0.2) is 8.42 Å². The van der Waals surface area contributed by atoms with E-state index in [1.54, 1.807) is 25.1 Å². The van der Waals surface area contributed by atoms with Crippen molar-refractivity contribution in [3.63, 3.8) is 0 Å². The monoisotopic (exact) mass is 360 g/mol. The van der Waals surface area contributed by atoms with Crippen LogP contribution < -0.4 is 10.0 Å². The molecule has 1 unspecified atom stereocenters. The van der Waals surface area contributed by atoms with Gasteiger partial charge < -0.3 is 5.32 Å². The Labute approximate surface area is 149 Å². The number of hydrogen-bond acceptors (Lipinski definition) is 3. The van der Waals surface area contributed by atoms with Crippen molar-refractivity contribution in [2.75, 3.05) is 11.0 Å². The third-order valence-corrected chi connectivity index (χ3v) is 4.71. The molecule has 0 saturated carbocycles. The molecule has 6 heteroatoms. The van der Waals surface area contributed by atoms with Crippen molar-refractivity contribution < 1.29 is 13.2 Å². The number of carbonyl (C=O) groups is 1. The number of nitrogens with one attached hydrogen (secondary N) is 2. The van der Waals surface area contributed by atoms with Crippen molar-refractivity contribution >= 4 is 21.6 Å². The fourth-order valence-electron chi connectivity index (χ4n) is 2.77. The Morgan fingerprint density at radius 2 is 1.76 bits per heavy atom. The quantitative estimate of drug-likeness (QED) is 0.857. The molecule has 2 N–H and O–H groups in total. The van der Waals surface area contributed by atoms with Crippen molar-refractivity contribution in [1.82, 2.24) is 5.32 Å². The van der Waals surface area contributed by atoms with Crippen molar-refractivity contribution in [3.8, 4) is 0 Å². The van der Waals surface area contributed by atoms with Crippen LogP contribution in [0.5, 0.6) is 0 Å². The van der Waals surface area contributed by atoms with Crippen molar-refractivity contribution in [1.29, 1.82) is 0 Å². The van der Waals surface area contributed by atoms with Crippen LogP contribution in [-0.2, 0) is 10.0 Å². The number of rotatable bonds is 5. The van der Waals surface area contributed by atoms with Gasteiger partial charge in [-0.05, 0) is 56.5 Å². The Bertz CT molecular complexity index is 905. The number of hydrogen-bond donors (Lipinski definition) is 2. The molecule has 2 aromatic rings. The highest BCUT2D eigenvalue weighted by molar-refractivity contribution is 7.92. The number of carbonyl (C=O) groups excluding carboxylic acids is 1. The lowest BCUT2D eigenvalue weighted by molar-refractivity contribution is 0.0939. The van der Waals surface area contributed by atoms with Gasteiger partial charge in [-0.15, -0.1) is 0 Å². The molecule has 134 valence electrons. The summed E-state index contributed by atoms with van der Waals surface area (Å²) in [5.41, 5.74) is 4.77. The molecule has 2 rings (SSSR count). The zero-order valence-electron chi connectivity index (χ0n) is 15.2. The molecule has 2 aromatic carbocycles. The second kappa shape index (κ2) is 7.27. The molecule has 0 aromatic heterocycles. The molecule has 0 spiro atoms. The van der Waals surface area contributed by atoms with Crippen LogP contribution in [-0.4, -0.2) is 20.6 Å². The molecule has 0 aliphatic heterocycles. The van der Waals surface area contributed by atoms with E-state index in [-0.39, 0.29) is 11.9 Å². The van der Waals surface area contributed by atoms with Gasteiger partial charge in [-0.2, -0.15) is 0 Å². The minimum absolute atomic E-state index is 0.154. The van der Waals surface area contributed by atoms with E-state index in [1.165, 1.54) is 0 Å². The van der Waals surface area contributed by atoms with Crippen molar-refractivity contribution in [2.45, 2.75) is 33.7 Å². The van der Waals surface area contributed by atoms with Crippen LogP contribution in [0, 0.1) is 20.8 Å². The summed E-state index contributed by atoms with van der Waals surface area (Å²) in [5, 5.41) is 3.00. The highest BCUT2D eigenvalue weighted by Gasteiger charge is 2.17. The van der Waals surface area contributed by atoms with Crippen LogP contribution in [0.15, 0.2) is 36.4 Å². The second-order valence-corrected chi connectivity index (χ2v) is 8.16. The van der Waals surface area contributed by atoms with Gasteiger partial charge in [-0.1, -0.05) is 29.8 Å². The predicted octanol–water partition coefficient (Wildman–Crippen LogP) is 3.47. The predicted molar refractivity (Wildman–Crippen MR) is 101 cm³/mol. The van der Waals surface area contributed by atoms with Crippen LogP contribution in [0.3, 0.4) is 0 Å². The maximum atomic E-state index is 12.7. The summed E-state index contributed by atoms with van der Waals surface area (Å²) in [5.74, 6) is -0.233. The summed E-state index contributed by atoms with van der Waals surface area (Å²) >= 11 is 0. The molecule has 0 saturated heterocycles. The zero-order valence-corrected chi connectivity index (χ0v) is 16.0. The molecule has 0 radical (unpaired) electrons. The van der Waals surface area contributed by atoms with Crippen molar-refractivity contribution in [2.24, 2.45) is 0 Å². The van der Waals surface area contributed by atoms with Crippen LogP contribution in [0.1, 0.15) is 45.6 Å². The van der Waals surface area contributed by atoms with Gasteiger partial charge in [-0.3, -0.25) is 9.52 Å². The van der Waals surface area contributed by atoms with E-state index in [9.17, 15) is 13.2 Å². The van der Waals surface area contributed by atoms with E-state index < -0.39 is 10.0 Å². The average molecular weight is 360 g/mol. The molecular weight excluding hydrogens is 336 g/mol. The first-order valence-electron chi connectivity index (χ1n) is 8.04. The third-order valence-electron chi connectivity index (χ3n) is 4.12. The fraction of sp³-hybridized carbons (Fsp3) is 0.316. The second-order valence-electron chi connectivity index (χ2n) is 6.41.